The van der Waals surface area contributed by atoms with Crippen molar-refractivity contribution in [3.05, 3.63) is 54.6 Å². The zero-order valence-corrected chi connectivity index (χ0v) is 18.8. The molecule has 2 aromatic heterocycles. The van der Waals surface area contributed by atoms with E-state index < -0.39 is 0 Å². The maximum Gasteiger partial charge on any atom is 0.246 e. The average molecular weight is 465 g/mol. The van der Waals surface area contributed by atoms with Gasteiger partial charge in [0.1, 0.15) is 18.6 Å². The van der Waals surface area contributed by atoms with Gasteiger partial charge in [-0.05, 0) is 24.3 Å². The molecule has 4 rings (SSSR count). The average Bonchev–Trinajstić information content (AvgIpc) is 3.29. The molecule has 2 aromatic carbocycles. The smallest absolute Gasteiger partial charge is 0.246 e. The standard InChI is InChI=1S/C23H23N5O6/c1-31-19-5-4-15(6-14(19)12-29)27-22(30)11-28-10-16(9-26-28)34-23-17-7-20(32-2)21(33-3)8-18(17)24-13-25-23/h4-10,13,29H,11-12H2,1-3H3,(H,27,30). The van der Waals surface area contributed by atoms with Crippen molar-refractivity contribution in [1.29, 1.82) is 0 Å². The lowest BCUT2D eigenvalue weighted by Crippen LogP contribution is -2.19. The molecule has 1 amide bonds. The summed E-state index contributed by atoms with van der Waals surface area (Å²) in [6.45, 7) is -0.248. The molecule has 34 heavy (non-hydrogen) atoms. The molecule has 0 saturated carbocycles. The minimum atomic E-state index is -0.298. The van der Waals surface area contributed by atoms with Crippen LogP contribution in [0.3, 0.4) is 0 Å². The third-order valence-electron chi connectivity index (χ3n) is 4.97. The monoisotopic (exact) mass is 465 g/mol. The summed E-state index contributed by atoms with van der Waals surface area (Å²) >= 11 is 0. The van der Waals surface area contributed by atoms with Gasteiger partial charge in [-0.2, -0.15) is 5.10 Å². The van der Waals surface area contributed by atoms with Crippen molar-refractivity contribution < 1.29 is 28.8 Å². The van der Waals surface area contributed by atoms with Crippen LogP contribution >= 0.6 is 0 Å². The second-order valence-corrected chi connectivity index (χ2v) is 7.11. The van der Waals surface area contributed by atoms with Crippen molar-refractivity contribution in [2.75, 3.05) is 26.6 Å². The number of nitrogens with zero attached hydrogens (tertiary/aromatic N) is 4. The largest absolute Gasteiger partial charge is 0.496 e. The molecule has 176 valence electrons. The Hall–Kier alpha value is -4.38. The van der Waals surface area contributed by atoms with E-state index >= 15 is 0 Å². The predicted molar refractivity (Wildman–Crippen MR) is 122 cm³/mol. The van der Waals surface area contributed by atoms with Crippen LogP contribution in [-0.4, -0.2) is 52.1 Å². The number of hydrogen-bond donors (Lipinski definition) is 2. The summed E-state index contributed by atoms with van der Waals surface area (Å²) in [5, 5.41) is 17.0. The van der Waals surface area contributed by atoms with Crippen LogP contribution in [0.25, 0.3) is 10.9 Å². The van der Waals surface area contributed by atoms with Gasteiger partial charge in [0.2, 0.25) is 11.8 Å². The van der Waals surface area contributed by atoms with Gasteiger partial charge in [0.25, 0.3) is 0 Å². The quantitative estimate of drug-likeness (QED) is 0.383. The molecule has 0 saturated heterocycles. The number of benzene rings is 2. The third-order valence-corrected chi connectivity index (χ3v) is 4.97. The second-order valence-electron chi connectivity index (χ2n) is 7.11. The molecule has 11 heteroatoms. The lowest BCUT2D eigenvalue weighted by atomic mass is 10.2. The van der Waals surface area contributed by atoms with Crippen LogP contribution in [0.15, 0.2) is 49.1 Å². The first kappa shape index (κ1) is 22.8. The molecule has 0 aliphatic rings. The van der Waals surface area contributed by atoms with Gasteiger partial charge in [0, 0.05) is 17.3 Å². The highest BCUT2D eigenvalue weighted by atomic mass is 16.5. The molecule has 0 unspecified atom stereocenters. The van der Waals surface area contributed by atoms with Crippen molar-refractivity contribution in [3.63, 3.8) is 0 Å². The first-order valence-corrected chi connectivity index (χ1v) is 10.2. The van der Waals surface area contributed by atoms with Crippen molar-refractivity contribution >= 4 is 22.5 Å². The number of aliphatic hydroxyl groups excluding tert-OH is 1. The van der Waals surface area contributed by atoms with Crippen LogP contribution in [-0.2, 0) is 17.9 Å². The Morgan fingerprint density at radius 1 is 1.03 bits per heavy atom. The van der Waals surface area contributed by atoms with Gasteiger partial charge in [0.15, 0.2) is 17.2 Å². The number of methoxy groups -OCH3 is 3. The molecule has 0 bridgehead atoms. The molecule has 0 aliphatic carbocycles. The van der Waals surface area contributed by atoms with Crippen molar-refractivity contribution in [2.45, 2.75) is 13.2 Å². The molecule has 0 spiro atoms. The Labute approximate surface area is 194 Å². The molecule has 0 atom stereocenters. The number of fused-ring (bicyclic) bond motifs is 1. The Morgan fingerprint density at radius 2 is 1.79 bits per heavy atom. The van der Waals surface area contributed by atoms with E-state index in [9.17, 15) is 9.90 Å². The minimum absolute atomic E-state index is 0.0423. The molecule has 2 N–H and O–H groups in total. The van der Waals surface area contributed by atoms with Gasteiger partial charge in [-0.15, -0.1) is 0 Å². The van der Waals surface area contributed by atoms with Crippen LogP contribution in [0.1, 0.15) is 5.56 Å². The summed E-state index contributed by atoms with van der Waals surface area (Å²) in [7, 11) is 4.61. The molecule has 11 nitrogen and oxygen atoms in total. The topological polar surface area (TPSA) is 130 Å². The maximum absolute atomic E-state index is 12.5. The molecular formula is C23H23N5O6. The van der Waals surface area contributed by atoms with E-state index in [1.807, 2.05) is 0 Å². The molecule has 0 fully saturated rings. The van der Waals surface area contributed by atoms with Crippen LogP contribution in [0.5, 0.6) is 28.9 Å². The van der Waals surface area contributed by atoms with Crippen LogP contribution in [0.2, 0.25) is 0 Å². The Kier molecular flexibility index (Phi) is 6.74. The van der Waals surface area contributed by atoms with Gasteiger partial charge < -0.3 is 29.4 Å². The highest BCUT2D eigenvalue weighted by Crippen LogP contribution is 2.35. The molecule has 2 heterocycles. The molecular weight excluding hydrogens is 442 g/mol. The number of rotatable bonds is 9. The fourth-order valence-electron chi connectivity index (χ4n) is 3.36. The van der Waals surface area contributed by atoms with E-state index in [2.05, 4.69) is 20.4 Å². The predicted octanol–water partition coefficient (Wildman–Crippen LogP) is 2.78. The summed E-state index contributed by atoms with van der Waals surface area (Å²) in [6.07, 6.45) is 4.46. The van der Waals surface area contributed by atoms with Gasteiger partial charge in [0.05, 0.1) is 51.2 Å². The Morgan fingerprint density at radius 3 is 2.53 bits per heavy atom. The number of anilines is 1. The Bertz CT molecular complexity index is 1320. The SMILES string of the molecule is COc1ccc(NC(=O)Cn2cc(Oc3ncnc4cc(OC)c(OC)cc34)cn2)cc1CO. The maximum atomic E-state index is 12.5. The van der Waals surface area contributed by atoms with Gasteiger partial charge >= 0.3 is 0 Å². The van der Waals surface area contributed by atoms with Gasteiger partial charge in [-0.3, -0.25) is 9.48 Å². The van der Waals surface area contributed by atoms with Crippen molar-refractivity contribution in [1.82, 2.24) is 19.7 Å². The molecule has 4 aromatic rings. The van der Waals surface area contributed by atoms with Crippen molar-refractivity contribution in [2.24, 2.45) is 0 Å². The number of carbonyl (C=O) groups is 1. The number of nitrogens with one attached hydrogen (secondary N) is 1. The second kappa shape index (κ2) is 10.0. The highest BCUT2D eigenvalue weighted by molar-refractivity contribution is 5.90. The zero-order valence-electron chi connectivity index (χ0n) is 18.8. The first-order chi connectivity index (χ1) is 16.5. The number of hydrogen-bond acceptors (Lipinski definition) is 9. The summed E-state index contributed by atoms with van der Waals surface area (Å²) in [6, 6.07) is 8.49. The van der Waals surface area contributed by atoms with E-state index in [1.54, 1.807) is 50.7 Å². The molecule has 0 radical (unpaired) electrons. The van der Waals surface area contributed by atoms with Crippen LogP contribution in [0.4, 0.5) is 5.69 Å². The Balaban J connectivity index is 1.47. The number of aliphatic hydroxyl groups is 1. The highest BCUT2D eigenvalue weighted by Gasteiger charge is 2.14. The summed E-state index contributed by atoms with van der Waals surface area (Å²) in [4.78, 5) is 20.9. The normalized spacial score (nSPS) is 10.7. The third kappa shape index (κ3) is 4.84. The van der Waals surface area contributed by atoms with Crippen LogP contribution in [0, 0.1) is 0 Å². The zero-order chi connectivity index (χ0) is 24.1. The number of carbonyl (C=O) groups excluding carboxylic acids is 1. The lowest BCUT2D eigenvalue weighted by Gasteiger charge is -2.11. The number of aromatic nitrogens is 4. The van der Waals surface area contributed by atoms with E-state index in [4.69, 9.17) is 18.9 Å². The van der Waals surface area contributed by atoms with E-state index in [-0.39, 0.29) is 19.1 Å². The van der Waals surface area contributed by atoms with Gasteiger partial charge in [-0.1, -0.05) is 0 Å². The number of ether oxygens (including phenoxy) is 4. The lowest BCUT2D eigenvalue weighted by molar-refractivity contribution is -0.116. The van der Waals surface area contributed by atoms with E-state index in [0.717, 1.165) is 0 Å². The van der Waals surface area contributed by atoms with Crippen molar-refractivity contribution in [3.8, 4) is 28.9 Å². The minimum Gasteiger partial charge on any atom is -0.496 e. The van der Waals surface area contributed by atoms with E-state index in [0.29, 0.717) is 51.0 Å². The fraction of sp³-hybridized carbons (Fsp3) is 0.217. The van der Waals surface area contributed by atoms with E-state index in [1.165, 1.54) is 24.3 Å². The summed E-state index contributed by atoms with van der Waals surface area (Å²) in [5.41, 5.74) is 1.73. The van der Waals surface area contributed by atoms with Crippen LogP contribution < -0.4 is 24.3 Å². The molecule has 0 aliphatic heterocycles. The van der Waals surface area contributed by atoms with Gasteiger partial charge in [-0.25, -0.2) is 9.97 Å². The summed E-state index contributed by atoms with van der Waals surface area (Å²) in [5.74, 6) is 2.02. The number of amides is 1. The first-order valence-electron chi connectivity index (χ1n) is 10.2. The summed E-state index contributed by atoms with van der Waals surface area (Å²) < 4.78 is 23.2. The fourth-order valence-corrected chi connectivity index (χ4v) is 3.36.